The zero-order valence-corrected chi connectivity index (χ0v) is 23.0. The molecule has 0 saturated carbocycles. The van der Waals surface area contributed by atoms with Gasteiger partial charge in [-0.2, -0.15) is 0 Å². The van der Waals surface area contributed by atoms with E-state index in [-0.39, 0.29) is 17.8 Å². The van der Waals surface area contributed by atoms with Crippen molar-refractivity contribution in [1.29, 1.82) is 0 Å². The SMILES string of the molecule is Cc1ccc(-c2csc(NC(=O)CSc3nnc(C(C)Oc4ccc(C(C)C)cc4)n3C)n2)cc1C. The Morgan fingerprint density at radius 2 is 1.83 bits per heavy atom. The molecule has 0 spiro atoms. The molecule has 2 aromatic carbocycles. The van der Waals surface area contributed by atoms with Gasteiger partial charge in [0.15, 0.2) is 22.2 Å². The van der Waals surface area contributed by atoms with Gasteiger partial charge in [0.1, 0.15) is 5.75 Å². The summed E-state index contributed by atoms with van der Waals surface area (Å²) in [6.07, 6.45) is -0.283. The van der Waals surface area contributed by atoms with Crippen molar-refractivity contribution in [2.45, 2.75) is 51.8 Å². The molecule has 4 rings (SSSR count). The van der Waals surface area contributed by atoms with E-state index in [0.29, 0.717) is 22.0 Å². The number of benzene rings is 2. The monoisotopic (exact) mass is 521 g/mol. The molecular weight excluding hydrogens is 490 g/mol. The van der Waals surface area contributed by atoms with E-state index < -0.39 is 0 Å². The maximum Gasteiger partial charge on any atom is 0.236 e. The first kappa shape index (κ1) is 25.9. The molecule has 1 atom stereocenters. The molecule has 1 amide bonds. The number of carbonyl (C=O) groups excluding carboxylic acids is 1. The van der Waals surface area contributed by atoms with Crippen molar-refractivity contribution < 1.29 is 9.53 Å². The lowest BCUT2D eigenvalue weighted by molar-refractivity contribution is -0.113. The van der Waals surface area contributed by atoms with Crippen LogP contribution >= 0.6 is 23.1 Å². The fraction of sp³-hybridized carbons (Fsp3) is 0.333. The van der Waals surface area contributed by atoms with Crippen LogP contribution in [0.15, 0.2) is 53.0 Å². The fourth-order valence-electron chi connectivity index (χ4n) is 3.64. The zero-order chi connectivity index (χ0) is 25.8. The summed E-state index contributed by atoms with van der Waals surface area (Å²) in [4.78, 5) is 17.1. The topological polar surface area (TPSA) is 81.9 Å². The van der Waals surface area contributed by atoms with E-state index in [1.165, 1.54) is 39.8 Å². The van der Waals surface area contributed by atoms with Gasteiger partial charge in [0.25, 0.3) is 0 Å². The van der Waals surface area contributed by atoms with Crippen molar-refractivity contribution in [1.82, 2.24) is 19.7 Å². The second kappa shape index (κ2) is 11.3. The zero-order valence-electron chi connectivity index (χ0n) is 21.4. The molecule has 0 aliphatic heterocycles. The molecular formula is C27H31N5O2S2. The summed E-state index contributed by atoms with van der Waals surface area (Å²) < 4.78 is 7.94. The second-order valence-corrected chi connectivity index (χ2v) is 10.9. The molecule has 0 bridgehead atoms. The van der Waals surface area contributed by atoms with Gasteiger partial charge in [0.05, 0.1) is 11.4 Å². The van der Waals surface area contributed by atoms with E-state index in [0.717, 1.165) is 17.0 Å². The average molecular weight is 522 g/mol. The van der Waals surface area contributed by atoms with Crippen LogP contribution in [-0.4, -0.2) is 31.4 Å². The van der Waals surface area contributed by atoms with Crippen LogP contribution in [0.3, 0.4) is 0 Å². The Labute approximate surface area is 220 Å². The molecule has 0 aliphatic carbocycles. The predicted octanol–water partition coefficient (Wildman–Crippen LogP) is 6.55. The average Bonchev–Trinajstić information content (AvgIpc) is 3.46. The van der Waals surface area contributed by atoms with E-state index in [9.17, 15) is 4.79 Å². The number of nitrogens with zero attached hydrogens (tertiary/aromatic N) is 4. The summed E-state index contributed by atoms with van der Waals surface area (Å²) in [6, 6.07) is 14.4. The van der Waals surface area contributed by atoms with E-state index in [1.807, 2.05) is 36.1 Å². The number of hydrogen-bond acceptors (Lipinski definition) is 7. The Morgan fingerprint density at radius 3 is 2.53 bits per heavy atom. The molecule has 4 aromatic rings. The summed E-state index contributed by atoms with van der Waals surface area (Å²) in [7, 11) is 1.88. The quantitative estimate of drug-likeness (QED) is 0.252. The Bertz CT molecular complexity index is 1340. The molecule has 2 heterocycles. The van der Waals surface area contributed by atoms with Gasteiger partial charge in [-0.1, -0.05) is 49.9 Å². The molecule has 0 fully saturated rings. The Balaban J connectivity index is 1.32. The van der Waals surface area contributed by atoms with E-state index >= 15 is 0 Å². The number of aryl methyl sites for hydroxylation is 2. The standard InChI is InChI=1S/C27H31N5O2S2/c1-16(2)20-9-11-22(12-10-20)34-19(5)25-30-31-27(32(25)6)36-15-24(33)29-26-28-23(14-35-26)21-8-7-17(3)18(4)13-21/h7-14,16,19H,15H2,1-6H3,(H,28,29,33). The largest absolute Gasteiger partial charge is 0.483 e. The van der Waals surface area contributed by atoms with Gasteiger partial charge < -0.3 is 14.6 Å². The van der Waals surface area contributed by atoms with Crippen molar-refractivity contribution in [3.63, 3.8) is 0 Å². The molecule has 9 heteroatoms. The molecule has 1 N–H and O–H groups in total. The first-order chi connectivity index (χ1) is 17.2. The summed E-state index contributed by atoms with van der Waals surface area (Å²) in [5, 5.41) is 14.6. The van der Waals surface area contributed by atoms with Crippen LogP contribution in [0.25, 0.3) is 11.3 Å². The molecule has 1 unspecified atom stereocenters. The summed E-state index contributed by atoms with van der Waals surface area (Å²) in [5.74, 6) is 2.02. The van der Waals surface area contributed by atoms with Gasteiger partial charge in [-0.3, -0.25) is 4.79 Å². The smallest absolute Gasteiger partial charge is 0.236 e. The summed E-state index contributed by atoms with van der Waals surface area (Å²) >= 11 is 2.75. The summed E-state index contributed by atoms with van der Waals surface area (Å²) in [6.45, 7) is 10.4. The van der Waals surface area contributed by atoms with Crippen molar-refractivity contribution >= 4 is 34.1 Å². The molecule has 2 aromatic heterocycles. The number of thiazole rings is 1. The second-order valence-electron chi connectivity index (χ2n) is 9.06. The number of rotatable bonds is 9. The Kier molecular flexibility index (Phi) is 8.11. The molecule has 36 heavy (non-hydrogen) atoms. The highest BCUT2D eigenvalue weighted by atomic mass is 32.2. The third-order valence-electron chi connectivity index (χ3n) is 5.98. The molecule has 188 valence electrons. The minimum Gasteiger partial charge on any atom is -0.483 e. The van der Waals surface area contributed by atoms with Gasteiger partial charge in [-0.05, 0) is 61.6 Å². The van der Waals surface area contributed by atoms with Crippen molar-refractivity contribution in [2.24, 2.45) is 7.05 Å². The van der Waals surface area contributed by atoms with Crippen LogP contribution in [0.5, 0.6) is 5.75 Å². The van der Waals surface area contributed by atoms with Crippen LogP contribution in [-0.2, 0) is 11.8 Å². The lowest BCUT2D eigenvalue weighted by Crippen LogP contribution is -2.14. The minimum absolute atomic E-state index is 0.139. The number of nitrogens with one attached hydrogen (secondary N) is 1. The lowest BCUT2D eigenvalue weighted by atomic mass is 10.0. The van der Waals surface area contributed by atoms with Crippen LogP contribution in [0.2, 0.25) is 0 Å². The van der Waals surface area contributed by atoms with E-state index in [1.54, 1.807) is 0 Å². The van der Waals surface area contributed by atoms with Crippen molar-refractivity contribution in [3.05, 3.63) is 70.4 Å². The highest BCUT2D eigenvalue weighted by Crippen LogP contribution is 2.28. The van der Waals surface area contributed by atoms with Crippen LogP contribution in [0, 0.1) is 13.8 Å². The number of amides is 1. The molecule has 0 radical (unpaired) electrons. The third kappa shape index (κ3) is 6.14. The van der Waals surface area contributed by atoms with E-state index in [2.05, 4.69) is 78.5 Å². The maximum absolute atomic E-state index is 12.6. The first-order valence-corrected chi connectivity index (χ1v) is 13.7. The minimum atomic E-state index is -0.283. The Hall–Kier alpha value is -3.17. The number of ether oxygens (including phenoxy) is 1. The highest BCUT2D eigenvalue weighted by molar-refractivity contribution is 7.99. The van der Waals surface area contributed by atoms with Crippen molar-refractivity contribution in [2.75, 3.05) is 11.1 Å². The van der Waals surface area contributed by atoms with Crippen LogP contribution < -0.4 is 10.1 Å². The van der Waals surface area contributed by atoms with E-state index in [4.69, 9.17) is 4.74 Å². The van der Waals surface area contributed by atoms with Gasteiger partial charge >= 0.3 is 0 Å². The van der Waals surface area contributed by atoms with Crippen molar-refractivity contribution in [3.8, 4) is 17.0 Å². The van der Waals surface area contributed by atoms with Crippen LogP contribution in [0.1, 0.15) is 55.3 Å². The number of anilines is 1. The first-order valence-electron chi connectivity index (χ1n) is 11.8. The van der Waals surface area contributed by atoms with Gasteiger partial charge in [0.2, 0.25) is 5.91 Å². The maximum atomic E-state index is 12.6. The highest BCUT2D eigenvalue weighted by Gasteiger charge is 2.18. The number of hydrogen-bond donors (Lipinski definition) is 1. The molecule has 7 nitrogen and oxygen atoms in total. The molecule has 0 saturated heterocycles. The predicted molar refractivity (Wildman–Crippen MR) is 147 cm³/mol. The normalized spacial score (nSPS) is 12.1. The fourth-order valence-corrected chi connectivity index (χ4v) is 5.10. The van der Waals surface area contributed by atoms with Gasteiger partial charge in [-0.25, -0.2) is 4.98 Å². The number of aromatic nitrogens is 4. The summed E-state index contributed by atoms with van der Waals surface area (Å²) in [5.41, 5.74) is 5.63. The van der Waals surface area contributed by atoms with Gasteiger partial charge in [-0.15, -0.1) is 21.5 Å². The van der Waals surface area contributed by atoms with Gasteiger partial charge in [0, 0.05) is 18.0 Å². The Morgan fingerprint density at radius 1 is 1.08 bits per heavy atom. The van der Waals surface area contributed by atoms with Crippen LogP contribution in [0.4, 0.5) is 5.13 Å². The number of thioether (sulfide) groups is 1. The lowest BCUT2D eigenvalue weighted by Gasteiger charge is -2.15. The molecule has 0 aliphatic rings. The third-order valence-corrected chi connectivity index (χ3v) is 7.76. The number of carbonyl (C=O) groups is 1.